The highest BCUT2D eigenvalue weighted by molar-refractivity contribution is 6.34. The van der Waals surface area contributed by atoms with Gasteiger partial charge in [-0.15, -0.1) is 0 Å². The van der Waals surface area contributed by atoms with Gasteiger partial charge in [0.1, 0.15) is 12.4 Å². The lowest BCUT2D eigenvalue weighted by atomic mass is 10.1. The summed E-state index contributed by atoms with van der Waals surface area (Å²) in [6.07, 6.45) is 0. The molecule has 0 fully saturated rings. The van der Waals surface area contributed by atoms with Crippen LogP contribution in [0, 0.1) is 6.92 Å². The van der Waals surface area contributed by atoms with Gasteiger partial charge in [-0.3, -0.25) is 0 Å². The third-order valence-corrected chi connectivity index (χ3v) is 2.92. The second-order valence-electron chi connectivity index (χ2n) is 3.85. The summed E-state index contributed by atoms with van der Waals surface area (Å²) in [5.74, 6) is 0.612. The van der Waals surface area contributed by atoms with Crippen molar-refractivity contribution in [3.63, 3.8) is 0 Å². The highest BCUT2D eigenvalue weighted by Crippen LogP contribution is 2.28. The summed E-state index contributed by atoms with van der Waals surface area (Å²) in [5, 5.41) is 1.19. The minimum absolute atomic E-state index is 0.488. The van der Waals surface area contributed by atoms with Crippen molar-refractivity contribution >= 4 is 23.2 Å². The molecule has 0 saturated carbocycles. The predicted molar refractivity (Wildman–Crippen MR) is 72.0 cm³/mol. The van der Waals surface area contributed by atoms with Crippen molar-refractivity contribution in [1.82, 2.24) is 0 Å². The highest BCUT2D eigenvalue weighted by atomic mass is 35.5. The van der Waals surface area contributed by atoms with Gasteiger partial charge < -0.3 is 4.74 Å². The summed E-state index contributed by atoms with van der Waals surface area (Å²) in [6.45, 7) is 2.54. The Morgan fingerprint density at radius 2 is 1.88 bits per heavy atom. The van der Waals surface area contributed by atoms with Crippen LogP contribution in [0.5, 0.6) is 5.75 Å². The van der Waals surface area contributed by atoms with Crippen LogP contribution in [0.4, 0.5) is 0 Å². The minimum atomic E-state index is 0.488. The summed E-state index contributed by atoms with van der Waals surface area (Å²) in [5.41, 5.74) is 2.32. The van der Waals surface area contributed by atoms with Crippen LogP contribution >= 0.6 is 23.2 Å². The van der Waals surface area contributed by atoms with E-state index in [1.54, 1.807) is 18.2 Å². The van der Waals surface area contributed by atoms with Crippen molar-refractivity contribution in [2.75, 3.05) is 0 Å². The molecular formula is C14H12Cl2O. The van der Waals surface area contributed by atoms with Gasteiger partial charge in [0, 0.05) is 11.1 Å². The fourth-order valence-corrected chi connectivity index (χ4v) is 1.89. The summed E-state index contributed by atoms with van der Waals surface area (Å²) in [4.78, 5) is 0. The van der Waals surface area contributed by atoms with E-state index in [-0.39, 0.29) is 0 Å². The Kier molecular flexibility index (Phi) is 3.93. The first-order chi connectivity index (χ1) is 8.15. The summed E-state index contributed by atoms with van der Waals surface area (Å²) < 4.78 is 5.64. The molecule has 0 N–H and O–H groups in total. The molecule has 0 aliphatic rings. The van der Waals surface area contributed by atoms with Gasteiger partial charge in [-0.1, -0.05) is 53.0 Å². The molecule has 0 saturated heterocycles. The first-order valence-corrected chi connectivity index (χ1v) is 6.04. The maximum absolute atomic E-state index is 6.01. The highest BCUT2D eigenvalue weighted by Gasteiger charge is 2.03. The zero-order valence-corrected chi connectivity index (χ0v) is 10.9. The number of rotatable bonds is 3. The first kappa shape index (κ1) is 12.3. The van der Waals surface area contributed by atoms with E-state index in [2.05, 4.69) is 19.1 Å². The molecule has 2 aromatic rings. The molecule has 0 amide bonds. The van der Waals surface area contributed by atoms with Gasteiger partial charge in [0.2, 0.25) is 0 Å². The molecule has 3 heteroatoms. The largest absolute Gasteiger partial charge is 0.487 e. The smallest absolute Gasteiger partial charge is 0.139 e. The summed E-state index contributed by atoms with van der Waals surface area (Å²) in [6, 6.07) is 13.4. The van der Waals surface area contributed by atoms with E-state index in [0.717, 1.165) is 5.56 Å². The summed E-state index contributed by atoms with van der Waals surface area (Å²) in [7, 11) is 0. The molecule has 0 radical (unpaired) electrons. The number of halogens is 2. The number of hydrogen-bond donors (Lipinski definition) is 0. The maximum Gasteiger partial charge on any atom is 0.139 e. The molecule has 88 valence electrons. The molecule has 2 aromatic carbocycles. The number of aryl methyl sites for hydroxylation is 1. The maximum atomic E-state index is 6.01. The van der Waals surface area contributed by atoms with Gasteiger partial charge in [-0.05, 0) is 24.6 Å². The van der Waals surface area contributed by atoms with Crippen molar-refractivity contribution in [2.24, 2.45) is 0 Å². The lowest BCUT2D eigenvalue weighted by molar-refractivity contribution is 0.306. The zero-order valence-electron chi connectivity index (χ0n) is 9.41. The van der Waals surface area contributed by atoms with Crippen molar-refractivity contribution in [3.05, 3.63) is 63.6 Å². The molecule has 0 bridgehead atoms. The van der Waals surface area contributed by atoms with Crippen LogP contribution in [-0.2, 0) is 6.61 Å². The van der Waals surface area contributed by atoms with Crippen LogP contribution < -0.4 is 4.74 Å². The number of benzene rings is 2. The van der Waals surface area contributed by atoms with Crippen molar-refractivity contribution in [1.29, 1.82) is 0 Å². The van der Waals surface area contributed by atoms with Gasteiger partial charge in [0.15, 0.2) is 0 Å². The third kappa shape index (κ3) is 3.39. The van der Waals surface area contributed by atoms with E-state index in [9.17, 15) is 0 Å². The first-order valence-electron chi connectivity index (χ1n) is 5.28. The van der Waals surface area contributed by atoms with E-state index < -0.39 is 0 Å². The molecule has 0 atom stereocenters. The van der Waals surface area contributed by atoms with E-state index >= 15 is 0 Å². The minimum Gasteiger partial charge on any atom is -0.487 e. The molecule has 0 aliphatic heterocycles. The Labute approximate surface area is 111 Å². The van der Waals surface area contributed by atoms with Crippen molar-refractivity contribution in [3.8, 4) is 5.75 Å². The molecule has 0 spiro atoms. The van der Waals surface area contributed by atoms with Crippen molar-refractivity contribution in [2.45, 2.75) is 13.5 Å². The van der Waals surface area contributed by atoms with Crippen molar-refractivity contribution < 1.29 is 4.74 Å². The molecule has 1 nitrogen and oxygen atoms in total. The van der Waals surface area contributed by atoms with Crippen LogP contribution in [0.25, 0.3) is 0 Å². The third-order valence-electron chi connectivity index (χ3n) is 2.37. The fourth-order valence-electron chi connectivity index (χ4n) is 1.55. The fraction of sp³-hybridized carbons (Fsp3) is 0.143. The van der Waals surface area contributed by atoms with Crippen LogP contribution in [-0.4, -0.2) is 0 Å². The predicted octanol–water partition coefficient (Wildman–Crippen LogP) is 4.88. The molecule has 0 aromatic heterocycles. The van der Waals surface area contributed by atoms with Gasteiger partial charge in [0.05, 0.1) is 5.02 Å². The van der Waals surface area contributed by atoms with Gasteiger partial charge in [-0.25, -0.2) is 0 Å². The molecule has 2 rings (SSSR count). The Balaban J connectivity index is 2.09. The topological polar surface area (TPSA) is 9.23 Å². The normalized spacial score (nSPS) is 10.3. The molecule has 17 heavy (non-hydrogen) atoms. The zero-order chi connectivity index (χ0) is 12.3. The Hall–Kier alpha value is -1.18. The number of hydrogen-bond acceptors (Lipinski definition) is 1. The molecule has 0 unspecified atom stereocenters. The lowest BCUT2D eigenvalue weighted by Gasteiger charge is -2.08. The summed E-state index contributed by atoms with van der Waals surface area (Å²) >= 11 is 11.9. The van der Waals surface area contributed by atoms with Crippen LogP contribution in [0.15, 0.2) is 42.5 Å². The van der Waals surface area contributed by atoms with E-state index in [4.69, 9.17) is 27.9 Å². The number of ether oxygens (including phenoxy) is 1. The van der Waals surface area contributed by atoms with Crippen LogP contribution in [0.3, 0.4) is 0 Å². The average molecular weight is 267 g/mol. The second-order valence-corrected chi connectivity index (χ2v) is 4.70. The quantitative estimate of drug-likeness (QED) is 0.770. The Bertz CT molecular complexity index is 523. The Morgan fingerprint density at radius 3 is 2.65 bits per heavy atom. The monoisotopic (exact) mass is 266 g/mol. The van der Waals surface area contributed by atoms with E-state index in [1.807, 2.05) is 12.1 Å². The second kappa shape index (κ2) is 5.44. The van der Waals surface area contributed by atoms with Gasteiger partial charge in [-0.2, -0.15) is 0 Å². The van der Waals surface area contributed by atoms with Gasteiger partial charge >= 0.3 is 0 Å². The average Bonchev–Trinajstić information content (AvgIpc) is 2.30. The SMILES string of the molecule is Cc1cccc(COc2cc(Cl)ccc2Cl)c1. The van der Waals surface area contributed by atoms with E-state index in [1.165, 1.54) is 5.56 Å². The van der Waals surface area contributed by atoms with Crippen LogP contribution in [0.2, 0.25) is 10.0 Å². The molecule has 0 heterocycles. The lowest BCUT2D eigenvalue weighted by Crippen LogP contribution is -1.96. The van der Waals surface area contributed by atoms with Crippen LogP contribution in [0.1, 0.15) is 11.1 Å². The van der Waals surface area contributed by atoms with E-state index in [0.29, 0.717) is 22.4 Å². The molecule has 0 aliphatic carbocycles. The molecular weight excluding hydrogens is 255 g/mol. The Morgan fingerprint density at radius 1 is 1.06 bits per heavy atom. The standard InChI is InChI=1S/C14H12Cl2O/c1-10-3-2-4-11(7-10)9-17-14-8-12(15)5-6-13(14)16/h2-8H,9H2,1H3. The van der Waals surface area contributed by atoms with Gasteiger partial charge in [0.25, 0.3) is 0 Å².